The molecule has 0 fully saturated rings. The standard InChI is InChI=1S/C9H6ClF3N2O2S/c1-18(16,17)8-6(10)14-7-5(9(11,12)13)3-2-4-15(7)8/h2-4H,1H3. The minimum atomic E-state index is -4.63. The first-order valence-corrected chi connectivity index (χ1v) is 6.83. The molecule has 4 nitrogen and oxygen atoms in total. The number of fused-ring (bicyclic) bond motifs is 1. The van der Waals surface area contributed by atoms with Crippen LogP contribution in [0.3, 0.4) is 0 Å². The predicted octanol–water partition coefficient (Wildman–Crippen LogP) is 2.41. The van der Waals surface area contributed by atoms with E-state index in [0.717, 1.165) is 22.8 Å². The minimum Gasteiger partial charge on any atom is -0.289 e. The van der Waals surface area contributed by atoms with E-state index in [4.69, 9.17) is 11.6 Å². The van der Waals surface area contributed by atoms with Gasteiger partial charge in [0.1, 0.15) is 0 Å². The highest BCUT2D eigenvalue weighted by molar-refractivity contribution is 7.90. The zero-order valence-corrected chi connectivity index (χ0v) is 10.4. The molecule has 0 spiro atoms. The van der Waals surface area contributed by atoms with E-state index < -0.39 is 37.4 Å². The molecule has 2 heterocycles. The summed E-state index contributed by atoms with van der Waals surface area (Å²) in [5.41, 5.74) is -1.57. The topological polar surface area (TPSA) is 51.4 Å². The van der Waals surface area contributed by atoms with Gasteiger partial charge in [0.25, 0.3) is 0 Å². The third-order valence-electron chi connectivity index (χ3n) is 2.22. The highest BCUT2D eigenvalue weighted by Crippen LogP contribution is 2.34. The Morgan fingerprint density at radius 3 is 2.50 bits per heavy atom. The SMILES string of the molecule is CS(=O)(=O)c1c(Cl)nc2c(C(F)(F)F)cccn12. The van der Waals surface area contributed by atoms with Crippen molar-refractivity contribution in [3.63, 3.8) is 0 Å². The maximum absolute atomic E-state index is 12.7. The van der Waals surface area contributed by atoms with Crippen LogP contribution in [-0.2, 0) is 16.0 Å². The van der Waals surface area contributed by atoms with Crippen LogP contribution in [-0.4, -0.2) is 24.1 Å². The second-order valence-corrected chi connectivity index (χ2v) is 5.88. The molecule has 9 heteroatoms. The van der Waals surface area contributed by atoms with E-state index in [1.54, 1.807) is 0 Å². The fraction of sp³-hybridized carbons (Fsp3) is 0.222. The summed E-state index contributed by atoms with van der Waals surface area (Å²) >= 11 is 5.60. The number of imidazole rings is 1. The van der Waals surface area contributed by atoms with Crippen molar-refractivity contribution in [3.8, 4) is 0 Å². The lowest BCUT2D eigenvalue weighted by Crippen LogP contribution is -2.09. The fourth-order valence-corrected chi connectivity index (χ4v) is 3.02. The normalized spacial score (nSPS) is 13.2. The molecule has 2 aromatic heterocycles. The van der Waals surface area contributed by atoms with Gasteiger partial charge in [0.15, 0.2) is 25.7 Å². The van der Waals surface area contributed by atoms with Crippen molar-refractivity contribution in [1.82, 2.24) is 9.38 Å². The van der Waals surface area contributed by atoms with E-state index in [2.05, 4.69) is 4.98 Å². The number of pyridine rings is 1. The molecule has 0 aromatic carbocycles. The summed E-state index contributed by atoms with van der Waals surface area (Å²) < 4.78 is 61.9. The quantitative estimate of drug-likeness (QED) is 0.812. The smallest absolute Gasteiger partial charge is 0.289 e. The second kappa shape index (κ2) is 3.86. The van der Waals surface area contributed by atoms with Crippen LogP contribution < -0.4 is 0 Å². The number of nitrogens with zero attached hydrogens (tertiary/aromatic N) is 2. The molecule has 0 atom stereocenters. The molecule has 0 amide bonds. The average Bonchev–Trinajstić information content (AvgIpc) is 2.50. The molecular formula is C9H6ClF3N2O2S. The van der Waals surface area contributed by atoms with Crippen LogP contribution in [0.15, 0.2) is 23.4 Å². The van der Waals surface area contributed by atoms with Crippen molar-refractivity contribution in [1.29, 1.82) is 0 Å². The van der Waals surface area contributed by atoms with Crippen molar-refractivity contribution in [2.24, 2.45) is 0 Å². The van der Waals surface area contributed by atoms with E-state index >= 15 is 0 Å². The van der Waals surface area contributed by atoms with Gasteiger partial charge >= 0.3 is 6.18 Å². The Kier molecular flexibility index (Phi) is 2.82. The molecule has 0 saturated carbocycles. The molecule has 2 rings (SSSR count). The molecule has 0 aliphatic rings. The lowest BCUT2D eigenvalue weighted by molar-refractivity contribution is -0.136. The van der Waals surface area contributed by atoms with Gasteiger partial charge in [-0.25, -0.2) is 13.4 Å². The summed E-state index contributed by atoms with van der Waals surface area (Å²) in [4.78, 5) is 3.48. The van der Waals surface area contributed by atoms with Crippen LogP contribution in [0.25, 0.3) is 5.65 Å². The largest absolute Gasteiger partial charge is 0.419 e. The van der Waals surface area contributed by atoms with E-state index in [9.17, 15) is 21.6 Å². The Morgan fingerprint density at radius 1 is 1.39 bits per heavy atom. The molecule has 0 N–H and O–H groups in total. The van der Waals surface area contributed by atoms with E-state index in [1.807, 2.05) is 0 Å². The third-order valence-corrected chi connectivity index (χ3v) is 3.69. The van der Waals surface area contributed by atoms with Gasteiger partial charge in [-0.1, -0.05) is 11.6 Å². The summed E-state index contributed by atoms with van der Waals surface area (Å²) in [7, 11) is -3.78. The predicted molar refractivity (Wildman–Crippen MR) is 58.3 cm³/mol. The molecule has 0 unspecified atom stereocenters. The summed E-state index contributed by atoms with van der Waals surface area (Å²) in [5, 5.41) is -0.931. The number of rotatable bonds is 1. The van der Waals surface area contributed by atoms with Gasteiger partial charge in [0.2, 0.25) is 0 Å². The van der Waals surface area contributed by atoms with E-state index in [-0.39, 0.29) is 0 Å². The van der Waals surface area contributed by atoms with Gasteiger partial charge in [-0.15, -0.1) is 0 Å². The molecule has 0 aliphatic carbocycles. The van der Waals surface area contributed by atoms with E-state index in [0.29, 0.717) is 0 Å². The Bertz CT molecular complexity index is 721. The van der Waals surface area contributed by atoms with Crippen LogP contribution >= 0.6 is 11.6 Å². The van der Waals surface area contributed by atoms with Gasteiger partial charge in [0, 0.05) is 12.5 Å². The van der Waals surface area contributed by atoms with Gasteiger partial charge in [-0.05, 0) is 12.1 Å². The summed E-state index contributed by atoms with van der Waals surface area (Å²) in [6, 6.07) is 1.90. The maximum Gasteiger partial charge on any atom is 0.419 e. The number of halogens is 4. The van der Waals surface area contributed by atoms with Crippen LogP contribution in [0, 0.1) is 0 Å². The van der Waals surface area contributed by atoms with E-state index in [1.165, 1.54) is 6.20 Å². The molecule has 2 aromatic rings. The Morgan fingerprint density at radius 2 is 2.00 bits per heavy atom. The van der Waals surface area contributed by atoms with Gasteiger partial charge < -0.3 is 0 Å². The first kappa shape index (κ1) is 13.2. The van der Waals surface area contributed by atoms with Crippen LogP contribution in [0.2, 0.25) is 5.15 Å². The number of sulfone groups is 1. The zero-order valence-electron chi connectivity index (χ0n) is 8.86. The van der Waals surface area contributed by atoms with Crippen molar-refractivity contribution < 1.29 is 21.6 Å². The second-order valence-electron chi connectivity index (χ2n) is 3.59. The third kappa shape index (κ3) is 2.05. The zero-order chi connectivity index (χ0) is 13.7. The summed E-state index contributed by atoms with van der Waals surface area (Å²) in [6.07, 6.45) is -2.62. The van der Waals surface area contributed by atoms with Gasteiger partial charge in [-0.3, -0.25) is 4.40 Å². The van der Waals surface area contributed by atoms with Crippen molar-refractivity contribution in [2.45, 2.75) is 11.2 Å². The highest BCUT2D eigenvalue weighted by Gasteiger charge is 2.35. The number of hydrogen-bond acceptors (Lipinski definition) is 3. The van der Waals surface area contributed by atoms with Crippen molar-refractivity contribution in [2.75, 3.05) is 6.26 Å². The van der Waals surface area contributed by atoms with Gasteiger partial charge in [0.05, 0.1) is 5.56 Å². The number of hydrogen-bond donors (Lipinski definition) is 0. The minimum absolute atomic E-state index is 0.453. The molecule has 0 aliphatic heterocycles. The fourth-order valence-electron chi connectivity index (χ4n) is 1.57. The Hall–Kier alpha value is -1.28. The first-order valence-electron chi connectivity index (χ1n) is 4.56. The average molecular weight is 299 g/mol. The molecule has 18 heavy (non-hydrogen) atoms. The number of alkyl halides is 3. The summed E-state index contributed by atoms with van der Waals surface area (Å²) in [5.74, 6) is 0. The number of aromatic nitrogens is 2. The van der Waals surface area contributed by atoms with Gasteiger partial charge in [-0.2, -0.15) is 13.2 Å². The summed E-state index contributed by atoms with van der Waals surface area (Å²) in [6.45, 7) is 0. The van der Waals surface area contributed by atoms with Crippen LogP contribution in [0.4, 0.5) is 13.2 Å². The highest BCUT2D eigenvalue weighted by atomic mass is 35.5. The monoisotopic (exact) mass is 298 g/mol. The molecule has 98 valence electrons. The Labute approximate surface area is 105 Å². The molecule has 0 radical (unpaired) electrons. The van der Waals surface area contributed by atoms with Crippen molar-refractivity contribution >= 4 is 27.1 Å². The molecular weight excluding hydrogens is 293 g/mol. The lowest BCUT2D eigenvalue weighted by atomic mass is 10.2. The van der Waals surface area contributed by atoms with Crippen molar-refractivity contribution in [3.05, 3.63) is 29.0 Å². The molecule has 0 bridgehead atoms. The molecule has 0 saturated heterocycles. The Balaban J connectivity index is 2.93. The lowest BCUT2D eigenvalue weighted by Gasteiger charge is -2.07. The van der Waals surface area contributed by atoms with Crippen LogP contribution in [0.5, 0.6) is 0 Å². The van der Waals surface area contributed by atoms with Crippen LogP contribution in [0.1, 0.15) is 5.56 Å². The maximum atomic E-state index is 12.7. The first-order chi connectivity index (χ1) is 8.12.